The van der Waals surface area contributed by atoms with Crippen LogP contribution in [0.5, 0.6) is 0 Å². The molecule has 0 aliphatic carbocycles. The van der Waals surface area contributed by atoms with E-state index in [-0.39, 0.29) is 6.04 Å². The molecular formula is C12H14BrN3O2. The number of piperazine rings is 1. The van der Waals surface area contributed by atoms with E-state index in [2.05, 4.69) is 25.8 Å². The van der Waals surface area contributed by atoms with Crippen molar-refractivity contribution in [2.75, 3.05) is 24.5 Å². The van der Waals surface area contributed by atoms with E-state index >= 15 is 0 Å². The number of rotatable bonds is 0. The van der Waals surface area contributed by atoms with Crippen molar-refractivity contribution >= 4 is 27.8 Å². The van der Waals surface area contributed by atoms with E-state index in [1.807, 2.05) is 6.07 Å². The number of halogens is 1. The van der Waals surface area contributed by atoms with Crippen molar-refractivity contribution in [1.29, 1.82) is 0 Å². The molecule has 0 spiro atoms. The van der Waals surface area contributed by atoms with Crippen LogP contribution in [0.25, 0.3) is 0 Å². The first-order valence-corrected chi connectivity index (χ1v) is 6.84. The van der Waals surface area contributed by atoms with Gasteiger partial charge in [-0.15, -0.1) is 0 Å². The third-order valence-corrected chi connectivity index (χ3v) is 4.47. The Morgan fingerprint density at radius 1 is 1.50 bits per heavy atom. The van der Waals surface area contributed by atoms with Gasteiger partial charge in [0.1, 0.15) is 5.82 Å². The van der Waals surface area contributed by atoms with Gasteiger partial charge in [-0.1, -0.05) is 15.9 Å². The maximum absolute atomic E-state index is 11.0. The summed E-state index contributed by atoms with van der Waals surface area (Å²) in [6, 6.07) is 2.23. The summed E-state index contributed by atoms with van der Waals surface area (Å²) >= 11 is 3.56. The summed E-state index contributed by atoms with van der Waals surface area (Å²) in [6.07, 6.45) is 2.93. The van der Waals surface area contributed by atoms with Gasteiger partial charge in [-0.3, -0.25) is 0 Å². The number of carbonyl (C=O) groups is 1. The van der Waals surface area contributed by atoms with Crippen molar-refractivity contribution in [3.05, 3.63) is 22.3 Å². The Balaban J connectivity index is 1.89. The largest absolute Gasteiger partial charge is 0.465 e. The molecule has 0 radical (unpaired) electrons. The van der Waals surface area contributed by atoms with Crippen molar-refractivity contribution in [1.82, 2.24) is 9.88 Å². The highest BCUT2D eigenvalue weighted by atomic mass is 79.9. The molecule has 1 amide bonds. The monoisotopic (exact) mass is 311 g/mol. The van der Waals surface area contributed by atoms with Crippen LogP contribution < -0.4 is 4.90 Å². The van der Waals surface area contributed by atoms with Crippen LogP contribution in [0.1, 0.15) is 12.0 Å². The molecule has 0 bridgehead atoms. The lowest BCUT2D eigenvalue weighted by molar-refractivity contribution is 0.133. The Kier molecular flexibility index (Phi) is 2.89. The Labute approximate surface area is 114 Å². The first-order chi connectivity index (χ1) is 8.66. The second-order valence-corrected chi connectivity index (χ2v) is 5.56. The molecule has 1 atom stereocenters. The van der Waals surface area contributed by atoms with Gasteiger partial charge in [-0.25, -0.2) is 9.78 Å². The highest BCUT2D eigenvalue weighted by Crippen LogP contribution is 2.34. The third-order valence-electron chi connectivity index (χ3n) is 3.73. The summed E-state index contributed by atoms with van der Waals surface area (Å²) < 4.78 is 1.10. The summed E-state index contributed by atoms with van der Waals surface area (Å²) in [7, 11) is 0. The lowest BCUT2D eigenvalue weighted by atomic mass is 9.96. The topological polar surface area (TPSA) is 56.7 Å². The number of hydrogen-bond donors (Lipinski definition) is 1. The van der Waals surface area contributed by atoms with Gasteiger partial charge in [0, 0.05) is 41.9 Å². The molecule has 18 heavy (non-hydrogen) atoms. The minimum atomic E-state index is -0.817. The van der Waals surface area contributed by atoms with Crippen molar-refractivity contribution in [3.8, 4) is 0 Å². The summed E-state index contributed by atoms with van der Waals surface area (Å²) in [4.78, 5) is 19.2. The molecule has 0 aromatic carbocycles. The molecule has 6 heteroatoms. The van der Waals surface area contributed by atoms with E-state index in [9.17, 15) is 4.79 Å². The van der Waals surface area contributed by atoms with E-state index in [4.69, 9.17) is 5.11 Å². The Bertz CT molecular complexity index is 494. The van der Waals surface area contributed by atoms with Gasteiger partial charge in [0.25, 0.3) is 0 Å². The fraction of sp³-hybridized carbons (Fsp3) is 0.500. The average molecular weight is 312 g/mol. The Morgan fingerprint density at radius 3 is 3.11 bits per heavy atom. The predicted octanol–water partition coefficient (Wildman–Crippen LogP) is 1.96. The molecule has 96 valence electrons. The minimum absolute atomic E-state index is 0.268. The van der Waals surface area contributed by atoms with Gasteiger partial charge in [-0.2, -0.15) is 0 Å². The van der Waals surface area contributed by atoms with Gasteiger partial charge < -0.3 is 14.9 Å². The summed E-state index contributed by atoms with van der Waals surface area (Å²) in [5.41, 5.74) is 1.25. The molecule has 1 aromatic heterocycles. The van der Waals surface area contributed by atoms with Crippen LogP contribution in [0.3, 0.4) is 0 Å². The normalized spacial score (nSPS) is 22.4. The summed E-state index contributed by atoms with van der Waals surface area (Å²) in [5, 5.41) is 9.05. The molecule has 1 unspecified atom stereocenters. The zero-order valence-corrected chi connectivity index (χ0v) is 11.4. The number of amides is 1. The van der Waals surface area contributed by atoms with Crippen LogP contribution in [0.15, 0.2) is 16.7 Å². The molecule has 1 aromatic rings. The maximum Gasteiger partial charge on any atom is 0.407 e. The molecule has 2 aliphatic heterocycles. The average Bonchev–Trinajstić information content (AvgIpc) is 2.38. The van der Waals surface area contributed by atoms with Crippen molar-refractivity contribution < 1.29 is 9.90 Å². The summed E-state index contributed by atoms with van der Waals surface area (Å²) in [6.45, 7) is 1.87. The van der Waals surface area contributed by atoms with Crippen LogP contribution in [0, 0.1) is 0 Å². The van der Waals surface area contributed by atoms with Gasteiger partial charge in [0.05, 0.1) is 0 Å². The number of fused-ring (bicyclic) bond motifs is 3. The zero-order valence-electron chi connectivity index (χ0n) is 9.84. The standard InChI is InChI=1S/C12H14BrN3O2/c13-10-3-4-14-11-9(10)2-1-8-7-15(12(17)18)5-6-16(8)11/h3-4,8H,1-2,5-7H2,(H,17,18). The Morgan fingerprint density at radius 2 is 2.33 bits per heavy atom. The minimum Gasteiger partial charge on any atom is -0.465 e. The van der Waals surface area contributed by atoms with E-state index in [1.165, 1.54) is 10.5 Å². The van der Waals surface area contributed by atoms with Crippen LogP contribution in [0.4, 0.5) is 10.6 Å². The quantitative estimate of drug-likeness (QED) is 0.796. The van der Waals surface area contributed by atoms with E-state index in [0.29, 0.717) is 13.1 Å². The van der Waals surface area contributed by atoms with Crippen molar-refractivity contribution in [3.63, 3.8) is 0 Å². The predicted molar refractivity (Wildman–Crippen MR) is 71.0 cm³/mol. The van der Waals surface area contributed by atoms with Crippen molar-refractivity contribution in [2.45, 2.75) is 18.9 Å². The van der Waals surface area contributed by atoms with Crippen LogP contribution in [-0.2, 0) is 6.42 Å². The second-order valence-electron chi connectivity index (χ2n) is 4.71. The number of aromatic nitrogens is 1. The lowest BCUT2D eigenvalue weighted by Crippen LogP contribution is -2.56. The molecule has 3 rings (SSSR count). The first kappa shape index (κ1) is 11.8. The van der Waals surface area contributed by atoms with Crippen LogP contribution >= 0.6 is 15.9 Å². The van der Waals surface area contributed by atoms with E-state index in [0.717, 1.165) is 29.7 Å². The summed E-state index contributed by atoms with van der Waals surface area (Å²) in [5.74, 6) is 1.02. The number of anilines is 1. The molecular weight excluding hydrogens is 298 g/mol. The van der Waals surface area contributed by atoms with Crippen LogP contribution in [0.2, 0.25) is 0 Å². The number of carboxylic acid groups (broad SMARTS) is 1. The fourth-order valence-corrected chi connectivity index (χ4v) is 3.30. The molecule has 3 heterocycles. The molecule has 5 nitrogen and oxygen atoms in total. The number of pyridine rings is 1. The van der Waals surface area contributed by atoms with Gasteiger partial charge in [0.15, 0.2) is 0 Å². The lowest BCUT2D eigenvalue weighted by Gasteiger charge is -2.44. The third kappa shape index (κ3) is 1.84. The molecule has 1 N–H and O–H groups in total. The molecule has 1 saturated heterocycles. The van der Waals surface area contributed by atoms with Gasteiger partial charge in [0.2, 0.25) is 0 Å². The smallest absolute Gasteiger partial charge is 0.407 e. The van der Waals surface area contributed by atoms with Gasteiger partial charge >= 0.3 is 6.09 Å². The van der Waals surface area contributed by atoms with Crippen molar-refractivity contribution in [2.24, 2.45) is 0 Å². The number of nitrogens with zero attached hydrogens (tertiary/aromatic N) is 3. The SMILES string of the molecule is O=C(O)N1CCN2c3nccc(Br)c3CCC2C1. The molecule has 0 saturated carbocycles. The molecule has 2 aliphatic rings. The Hall–Kier alpha value is -1.30. The zero-order chi connectivity index (χ0) is 12.7. The first-order valence-electron chi connectivity index (χ1n) is 6.04. The van der Waals surface area contributed by atoms with E-state index in [1.54, 1.807) is 6.20 Å². The van der Waals surface area contributed by atoms with Gasteiger partial charge in [-0.05, 0) is 18.9 Å². The molecule has 1 fully saturated rings. The fourth-order valence-electron chi connectivity index (χ4n) is 2.80. The second kappa shape index (κ2) is 4.42. The maximum atomic E-state index is 11.0. The number of hydrogen-bond acceptors (Lipinski definition) is 3. The van der Waals surface area contributed by atoms with E-state index < -0.39 is 6.09 Å². The highest BCUT2D eigenvalue weighted by Gasteiger charge is 2.34. The van der Waals surface area contributed by atoms with Crippen LogP contribution in [-0.4, -0.2) is 46.8 Å². The highest BCUT2D eigenvalue weighted by molar-refractivity contribution is 9.10.